The average molecular weight is 334 g/mol. The number of nitrogens with one attached hydrogen (secondary N) is 1. The third-order valence-corrected chi connectivity index (χ3v) is 3.74. The van der Waals surface area contributed by atoms with Crippen LogP contribution in [-0.4, -0.2) is 10.3 Å². The predicted molar refractivity (Wildman–Crippen MR) is 91.0 cm³/mol. The molecule has 6 heteroatoms. The number of H-pyrrole nitrogens is 1. The Kier molecular flexibility index (Phi) is 3.92. The summed E-state index contributed by atoms with van der Waals surface area (Å²) < 4.78 is 16.2. The van der Waals surface area contributed by atoms with Gasteiger partial charge in [0, 0.05) is 11.1 Å². The third-order valence-electron chi connectivity index (χ3n) is 3.74. The van der Waals surface area contributed by atoms with Crippen molar-refractivity contribution in [3.63, 3.8) is 0 Å². The molecule has 2 aromatic carbocycles. The van der Waals surface area contributed by atoms with E-state index in [1.165, 1.54) is 6.07 Å². The number of benzene rings is 2. The Balaban J connectivity index is 1.47. The number of ether oxygens (including phenoxy) is 1. The lowest BCUT2D eigenvalue weighted by Gasteiger charge is -2.06. The number of rotatable bonds is 5. The molecule has 4 rings (SSSR count). The molecule has 0 saturated carbocycles. The summed E-state index contributed by atoms with van der Waals surface area (Å²) in [4.78, 5) is 11.1. The second-order valence-corrected chi connectivity index (χ2v) is 5.44. The maximum atomic E-state index is 11.1. The minimum Gasteiger partial charge on any atom is -0.489 e. The second kappa shape index (κ2) is 6.52. The molecule has 124 valence electrons. The van der Waals surface area contributed by atoms with Gasteiger partial charge in [0.25, 0.3) is 5.56 Å². The topological polar surface area (TPSA) is 81.3 Å². The molecular formula is C19H14N2O4. The zero-order valence-corrected chi connectivity index (χ0v) is 13.1. The lowest BCUT2D eigenvalue weighted by molar-refractivity contribution is 0.305. The van der Waals surface area contributed by atoms with Gasteiger partial charge in [-0.1, -0.05) is 35.5 Å². The largest absolute Gasteiger partial charge is 0.489 e. The molecule has 0 saturated heterocycles. The quantitative estimate of drug-likeness (QED) is 0.599. The lowest BCUT2D eigenvalue weighted by Crippen LogP contribution is -1.95. The van der Waals surface area contributed by atoms with Gasteiger partial charge in [0.2, 0.25) is 0 Å². The first-order chi connectivity index (χ1) is 12.3. The van der Waals surface area contributed by atoms with Gasteiger partial charge >= 0.3 is 0 Å². The molecule has 0 aliphatic carbocycles. The summed E-state index contributed by atoms with van der Waals surface area (Å²) >= 11 is 0. The summed E-state index contributed by atoms with van der Waals surface area (Å²) in [6, 6.07) is 18.5. The normalized spacial score (nSPS) is 10.7. The van der Waals surface area contributed by atoms with Gasteiger partial charge in [0.15, 0.2) is 11.5 Å². The van der Waals surface area contributed by atoms with Crippen molar-refractivity contribution in [2.45, 2.75) is 6.61 Å². The highest BCUT2D eigenvalue weighted by atomic mass is 16.5. The number of hydrogen-bond donors (Lipinski definition) is 1. The molecule has 0 bridgehead atoms. The SMILES string of the molecule is O=c1cc(-c2ccc(OCc3cnoc3-c3ccccc3)cc2)o[nH]1. The van der Waals surface area contributed by atoms with Gasteiger partial charge in [-0.15, -0.1) is 0 Å². The van der Waals surface area contributed by atoms with Crippen LogP contribution in [0.15, 0.2) is 80.7 Å². The van der Waals surface area contributed by atoms with Crippen LogP contribution in [-0.2, 0) is 6.61 Å². The van der Waals surface area contributed by atoms with Gasteiger partial charge in [-0.05, 0) is 24.3 Å². The summed E-state index contributed by atoms with van der Waals surface area (Å²) in [5.74, 6) is 1.88. The minimum absolute atomic E-state index is 0.267. The molecule has 0 spiro atoms. The zero-order valence-electron chi connectivity index (χ0n) is 13.1. The Labute approximate surface area is 142 Å². The van der Waals surface area contributed by atoms with Crippen molar-refractivity contribution in [3.05, 3.63) is 82.8 Å². The van der Waals surface area contributed by atoms with Crippen LogP contribution < -0.4 is 10.3 Å². The number of hydrogen-bond acceptors (Lipinski definition) is 5. The molecule has 0 atom stereocenters. The van der Waals surface area contributed by atoms with Crippen molar-refractivity contribution in [2.24, 2.45) is 0 Å². The highest BCUT2D eigenvalue weighted by Crippen LogP contribution is 2.25. The van der Waals surface area contributed by atoms with Crippen molar-refractivity contribution in [2.75, 3.05) is 0 Å². The summed E-state index contributed by atoms with van der Waals surface area (Å²) in [7, 11) is 0. The maximum absolute atomic E-state index is 11.1. The fraction of sp³-hybridized carbons (Fsp3) is 0.0526. The molecule has 2 heterocycles. The van der Waals surface area contributed by atoms with Crippen LogP contribution in [0, 0.1) is 0 Å². The standard InChI is InChI=1S/C19H14N2O4/c22-18-10-17(24-21-18)13-6-8-16(9-7-13)23-12-15-11-20-25-19(15)14-4-2-1-3-5-14/h1-11H,12H2,(H,21,22). The molecule has 4 aromatic rings. The molecule has 1 N–H and O–H groups in total. The van der Waals surface area contributed by atoms with E-state index in [1.54, 1.807) is 6.20 Å². The first-order valence-corrected chi connectivity index (χ1v) is 7.70. The summed E-state index contributed by atoms with van der Waals surface area (Å²) in [5, 5.41) is 6.13. The van der Waals surface area contributed by atoms with E-state index in [9.17, 15) is 4.79 Å². The van der Waals surface area contributed by atoms with Crippen molar-refractivity contribution < 1.29 is 13.8 Å². The van der Waals surface area contributed by atoms with E-state index < -0.39 is 0 Å². The fourth-order valence-corrected chi connectivity index (χ4v) is 2.49. The molecule has 0 fully saturated rings. The van der Waals surface area contributed by atoms with Gasteiger partial charge in [-0.25, -0.2) is 0 Å². The number of aromatic nitrogens is 2. The summed E-state index contributed by atoms with van der Waals surface area (Å²) in [6.45, 7) is 0.340. The van der Waals surface area contributed by atoms with E-state index in [-0.39, 0.29) is 5.56 Å². The molecule has 0 aliphatic rings. The van der Waals surface area contributed by atoms with E-state index in [0.29, 0.717) is 23.9 Å². The predicted octanol–water partition coefficient (Wildman–Crippen LogP) is 3.87. The Morgan fingerprint density at radius 2 is 1.80 bits per heavy atom. The van der Waals surface area contributed by atoms with E-state index in [4.69, 9.17) is 13.8 Å². The molecule has 0 unspecified atom stereocenters. The van der Waals surface area contributed by atoms with E-state index in [2.05, 4.69) is 10.3 Å². The van der Waals surface area contributed by atoms with E-state index in [1.807, 2.05) is 54.6 Å². The maximum Gasteiger partial charge on any atom is 0.280 e. The summed E-state index contributed by atoms with van der Waals surface area (Å²) in [6.07, 6.45) is 1.66. The Bertz CT molecular complexity index is 1010. The second-order valence-electron chi connectivity index (χ2n) is 5.44. The summed E-state index contributed by atoms with van der Waals surface area (Å²) in [5.41, 5.74) is 2.35. The highest BCUT2D eigenvalue weighted by molar-refractivity contribution is 5.60. The Hall–Kier alpha value is -3.54. The van der Waals surface area contributed by atoms with E-state index in [0.717, 1.165) is 16.7 Å². The monoisotopic (exact) mass is 334 g/mol. The van der Waals surface area contributed by atoms with Crippen molar-refractivity contribution in [1.82, 2.24) is 10.3 Å². The number of nitrogens with zero attached hydrogens (tertiary/aromatic N) is 1. The van der Waals surface area contributed by atoms with Gasteiger partial charge < -0.3 is 13.8 Å². The van der Waals surface area contributed by atoms with Crippen molar-refractivity contribution in [3.8, 4) is 28.4 Å². The first-order valence-electron chi connectivity index (χ1n) is 7.70. The van der Waals surface area contributed by atoms with Crippen LogP contribution in [0.1, 0.15) is 5.56 Å². The van der Waals surface area contributed by atoms with Crippen LogP contribution in [0.4, 0.5) is 0 Å². The smallest absolute Gasteiger partial charge is 0.280 e. The van der Waals surface area contributed by atoms with Crippen LogP contribution >= 0.6 is 0 Å². The Morgan fingerprint density at radius 1 is 1.00 bits per heavy atom. The Morgan fingerprint density at radius 3 is 2.52 bits per heavy atom. The van der Waals surface area contributed by atoms with Crippen molar-refractivity contribution >= 4 is 0 Å². The van der Waals surface area contributed by atoms with Gasteiger partial charge in [0.05, 0.1) is 17.8 Å². The van der Waals surface area contributed by atoms with Crippen LogP contribution in [0.5, 0.6) is 5.75 Å². The molecule has 2 aromatic heterocycles. The average Bonchev–Trinajstić information content (AvgIpc) is 3.30. The lowest BCUT2D eigenvalue weighted by atomic mass is 10.1. The van der Waals surface area contributed by atoms with E-state index >= 15 is 0 Å². The first kappa shape index (κ1) is 15.0. The third kappa shape index (κ3) is 3.23. The zero-order chi connectivity index (χ0) is 17.1. The van der Waals surface area contributed by atoms with Crippen LogP contribution in [0.2, 0.25) is 0 Å². The van der Waals surface area contributed by atoms with Crippen molar-refractivity contribution in [1.29, 1.82) is 0 Å². The van der Waals surface area contributed by atoms with Gasteiger partial charge in [-0.3, -0.25) is 4.79 Å². The molecular weight excluding hydrogens is 320 g/mol. The molecule has 0 amide bonds. The minimum atomic E-state index is -0.267. The van der Waals surface area contributed by atoms with Gasteiger partial charge in [0.1, 0.15) is 12.4 Å². The molecule has 0 aliphatic heterocycles. The van der Waals surface area contributed by atoms with Crippen LogP contribution in [0.3, 0.4) is 0 Å². The molecule has 6 nitrogen and oxygen atoms in total. The van der Waals surface area contributed by atoms with Crippen LogP contribution in [0.25, 0.3) is 22.6 Å². The van der Waals surface area contributed by atoms with Gasteiger partial charge in [-0.2, -0.15) is 5.16 Å². The molecule has 0 radical (unpaired) electrons. The highest BCUT2D eigenvalue weighted by Gasteiger charge is 2.11. The molecule has 25 heavy (non-hydrogen) atoms. The number of aromatic amines is 1. The fourth-order valence-electron chi connectivity index (χ4n) is 2.49.